The second-order valence-corrected chi connectivity index (χ2v) is 7.37. The smallest absolute Gasteiger partial charge is 0.332 e. The number of carbonyl (C=O) groups excluding carboxylic acids is 1. The SMILES string of the molecule is Cc1cc(C)cc(NC(=O)C2CCN(c3cc(=O)n(C)c(=O)n3C)CC2)c1. The Morgan fingerprint density at radius 1 is 0.963 bits per heavy atom. The minimum Gasteiger partial charge on any atom is -0.358 e. The van der Waals surface area contributed by atoms with Crippen molar-refractivity contribution < 1.29 is 4.79 Å². The van der Waals surface area contributed by atoms with Crippen LogP contribution in [0.5, 0.6) is 0 Å². The van der Waals surface area contributed by atoms with Crippen molar-refractivity contribution in [3.8, 4) is 0 Å². The van der Waals surface area contributed by atoms with Crippen LogP contribution in [0.1, 0.15) is 24.0 Å². The van der Waals surface area contributed by atoms with Gasteiger partial charge >= 0.3 is 5.69 Å². The van der Waals surface area contributed by atoms with E-state index in [-0.39, 0.29) is 23.1 Å². The van der Waals surface area contributed by atoms with Crippen LogP contribution >= 0.6 is 0 Å². The number of carbonyl (C=O) groups is 1. The Morgan fingerprint density at radius 3 is 2.15 bits per heavy atom. The molecule has 1 saturated heterocycles. The molecule has 0 saturated carbocycles. The summed E-state index contributed by atoms with van der Waals surface area (Å²) in [6.45, 7) is 5.28. The molecule has 2 heterocycles. The molecular weight excluding hydrogens is 344 g/mol. The third-order valence-corrected chi connectivity index (χ3v) is 5.18. The predicted molar refractivity (Wildman–Crippen MR) is 106 cm³/mol. The molecule has 2 aromatic rings. The number of hydrogen-bond donors (Lipinski definition) is 1. The van der Waals surface area contributed by atoms with Crippen molar-refractivity contribution >= 4 is 17.4 Å². The van der Waals surface area contributed by atoms with Crippen LogP contribution in [-0.4, -0.2) is 28.1 Å². The molecule has 3 rings (SSSR count). The molecule has 1 aromatic heterocycles. The van der Waals surface area contributed by atoms with Gasteiger partial charge in [-0.25, -0.2) is 4.79 Å². The van der Waals surface area contributed by atoms with Crippen LogP contribution in [0, 0.1) is 19.8 Å². The van der Waals surface area contributed by atoms with Gasteiger partial charge in [-0.1, -0.05) is 6.07 Å². The van der Waals surface area contributed by atoms with Gasteiger partial charge in [0.15, 0.2) is 0 Å². The van der Waals surface area contributed by atoms with E-state index in [1.54, 1.807) is 7.05 Å². The molecular formula is C20H26N4O3. The maximum atomic E-state index is 12.6. The van der Waals surface area contributed by atoms with Crippen LogP contribution in [0.25, 0.3) is 0 Å². The lowest BCUT2D eigenvalue weighted by atomic mass is 9.95. The van der Waals surface area contributed by atoms with Gasteiger partial charge in [0.25, 0.3) is 5.56 Å². The standard InChI is InChI=1S/C20H26N4O3/c1-13-9-14(2)11-16(10-13)21-19(26)15-5-7-24(8-6-15)17-12-18(25)23(4)20(27)22(17)3/h9-12,15H,5-8H2,1-4H3,(H,21,26). The number of anilines is 2. The molecule has 1 N–H and O–H groups in total. The van der Waals surface area contributed by atoms with Crippen molar-refractivity contribution in [2.75, 3.05) is 23.3 Å². The third-order valence-electron chi connectivity index (χ3n) is 5.18. The highest BCUT2D eigenvalue weighted by atomic mass is 16.2. The van der Waals surface area contributed by atoms with E-state index in [0.717, 1.165) is 21.4 Å². The van der Waals surface area contributed by atoms with Gasteiger partial charge in [0.2, 0.25) is 5.91 Å². The lowest BCUT2D eigenvalue weighted by Gasteiger charge is -2.33. The van der Waals surface area contributed by atoms with E-state index in [0.29, 0.717) is 31.7 Å². The second-order valence-electron chi connectivity index (χ2n) is 7.37. The van der Waals surface area contributed by atoms with Gasteiger partial charge in [-0.3, -0.25) is 18.7 Å². The molecule has 1 aliphatic rings. The van der Waals surface area contributed by atoms with Crippen molar-refractivity contribution in [2.24, 2.45) is 20.0 Å². The fourth-order valence-electron chi connectivity index (χ4n) is 3.69. The molecule has 0 aliphatic carbocycles. The van der Waals surface area contributed by atoms with Crippen LogP contribution in [-0.2, 0) is 18.9 Å². The zero-order valence-electron chi connectivity index (χ0n) is 16.3. The Morgan fingerprint density at radius 2 is 1.56 bits per heavy atom. The fraction of sp³-hybridized carbons (Fsp3) is 0.450. The maximum absolute atomic E-state index is 12.6. The summed E-state index contributed by atoms with van der Waals surface area (Å²) in [4.78, 5) is 38.7. The first-order chi connectivity index (χ1) is 12.8. The Labute approximate surface area is 158 Å². The average Bonchev–Trinajstić information content (AvgIpc) is 2.62. The number of aromatic nitrogens is 2. The normalized spacial score (nSPS) is 15.0. The lowest BCUT2D eigenvalue weighted by Crippen LogP contribution is -2.44. The molecule has 0 atom stereocenters. The number of amides is 1. The number of piperidine rings is 1. The molecule has 1 aromatic carbocycles. The molecule has 27 heavy (non-hydrogen) atoms. The van der Waals surface area contributed by atoms with Gasteiger partial charge < -0.3 is 10.2 Å². The van der Waals surface area contributed by atoms with E-state index in [1.165, 1.54) is 17.7 Å². The molecule has 7 heteroatoms. The first-order valence-electron chi connectivity index (χ1n) is 9.17. The Kier molecular flexibility index (Phi) is 5.21. The zero-order valence-corrected chi connectivity index (χ0v) is 16.3. The van der Waals surface area contributed by atoms with Crippen molar-refractivity contribution in [3.63, 3.8) is 0 Å². The van der Waals surface area contributed by atoms with Gasteiger partial charge in [0.1, 0.15) is 5.82 Å². The number of nitrogens with zero attached hydrogens (tertiary/aromatic N) is 3. The number of benzene rings is 1. The monoisotopic (exact) mass is 370 g/mol. The van der Waals surface area contributed by atoms with Crippen molar-refractivity contribution in [1.82, 2.24) is 9.13 Å². The van der Waals surface area contributed by atoms with E-state index in [9.17, 15) is 14.4 Å². The molecule has 0 spiro atoms. The summed E-state index contributed by atoms with van der Waals surface area (Å²) in [6, 6.07) is 7.49. The summed E-state index contributed by atoms with van der Waals surface area (Å²) in [5.74, 6) is 0.555. The molecule has 0 unspecified atom stereocenters. The lowest BCUT2D eigenvalue weighted by molar-refractivity contribution is -0.120. The second kappa shape index (κ2) is 7.42. The highest BCUT2D eigenvalue weighted by Crippen LogP contribution is 2.23. The molecule has 0 radical (unpaired) electrons. The van der Waals surface area contributed by atoms with Gasteiger partial charge in [0, 0.05) is 44.9 Å². The first-order valence-corrected chi connectivity index (χ1v) is 9.17. The highest BCUT2D eigenvalue weighted by molar-refractivity contribution is 5.92. The van der Waals surface area contributed by atoms with Crippen molar-refractivity contribution in [2.45, 2.75) is 26.7 Å². The molecule has 1 fully saturated rings. The highest BCUT2D eigenvalue weighted by Gasteiger charge is 2.26. The molecule has 144 valence electrons. The third kappa shape index (κ3) is 3.97. The summed E-state index contributed by atoms with van der Waals surface area (Å²) in [7, 11) is 3.13. The van der Waals surface area contributed by atoms with E-state index < -0.39 is 0 Å². The first kappa shape index (κ1) is 18.9. The maximum Gasteiger partial charge on any atom is 0.332 e. The van der Waals surface area contributed by atoms with Gasteiger partial charge in [-0.15, -0.1) is 0 Å². The van der Waals surface area contributed by atoms with E-state index >= 15 is 0 Å². The Balaban J connectivity index is 1.68. The molecule has 7 nitrogen and oxygen atoms in total. The summed E-state index contributed by atoms with van der Waals surface area (Å²) in [5.41, 5.74) is 2.40. The fourth-order valence-corrected chi connectivity index (χ4v) is 3.69. The van der Waals surface area contributed by atoms with Gasteiger partial charge in [-0.05, 0) is 49.9 Å². The van der Waals surface area contributed by atoms with Crippen LogP contribution in [0.4, 0.5) is 11.5 Å². The number of rotatable bonds is 3. The average molecular weight is 370 g/mol. The quantitative estimate of drug-likeness (QED) is 0.890. The minimum atomic E-state index is -0.341. The van der Waals surface area contributed by atoms with E-state index in [2.05, 4.69) is 11.4 Å². The van der Waals surface area contributed by atoms with Crippen LogP contribution in [0.2, 0.25) is 0 Å². The topological polar surface area (TPSA) is 76.3 Å². The molecule has 1 amide bonds. The molecule has 1 aliphatic heterocycles. The van der Waals surface area contributed by atoms with E-state index in [4.69, 9.17) is 0 Å². The van der Waals surface area contributed by atoms with Crippen molar-refractivity contribution in [3.05, 3.63) is 56.2 Å². The zero-order chi connectivity index (χ0) is 19.7. The Hall–Kier alpha value is -2.83. The van der Waals surface area contributed by atoms with Crippen LogP contribution < -0.4 is 21.5 Å². The largest absolute Gasteiger partial charge is 0.358 e. The summed E-state index contributed by atoms with van der Waals surface area (Å²) in [6.07, 6.45) is 1.36. The summed E-state index contributed by atoms with van der Waals surface area (Å²) < 4.78 is 2.57. The Bertz CT molecular complexity index is 961. The minimum absolute atomic E-state index is 0.0255. The summed E-state index contributed by atoms with van der Waals surface area (Å²) in [5, 5.41) is 3.02. The van der Waals surface area contributed by atoms with Crippen LogP contribution in [0.15, 0.2) is 33.9 Å². The number of aryl methyl sites for hydroxylation is 2. The summed E-state index contributed by atoms with van der Waals surface area (Å²) >= 11 is 0. The predicted octanol–water partition coefficient (Wildman–Crippen LogP) is 1.56. The van der Waals surface area contributed by atoms with Crippen LogP contribution in [0.3, 0.4) is 0 Å². The molecule has 0 bridgehead atoms. The number of nitrogens with one attached hydrogen (secondary N) is 1. The van der Waals surface area contributed by atoms with Gasteiger partial charge in [-0.2, -0.15) is 0 Å². The number of hydrogen-bond acceptors (Lipinski definition) is 4. The van der Waals surface area contributed by atoms with Crippen molar-refractivity contribution in [1.29, 1.82) is 0 Å². The van der Waals surface area contributed by atoms with Gasteiger partial charge in [0.05, 0.1) is 0 Å². The van der Waals surface area contributed by atoms with E-state index in [1.807, 2.05) is 30.9 Å².